The van der Waals surface area contributed by atoms with Gasteiger partial charge in [0.2, 0.25) is 5.91 Å². The number of amides is 2. The van der Waals surface area contributed by atoms with Crippen molar-refractivity contribution in [3.05, 3.63) is 65.5 Å². The second-order valence-electron chi connectivity index (χ2n) is 7.80. The minimum Gasteiger partial charge on any atom is -0.493 e. The topological polar surface area (TPSA) is 70.7 Å². The van der Waals surface area contributed by atoms with E-state index in [1.54, 1.807) is 12.1 Å². The Labute approximate surface area is 175 Å². The van der Waals surface area contributed by atoms with Crippen LogP contribution in [-0.4, -0.2) is 49.0 Å². The van der Waals surface area contributed by atoms with Crippen molar-refractivity contribution in [2.75, 3.05) is 26.2 Å². The molecule has 1 atom stereocenters. The van der Waals surface area contributed by atoms with E-state index in [9.17, 15) is 14.0 Å². The second-order valence-corrected chi connectivity index (χ2v) is 7.80. The third-order valence-electron chi connectivity index (χ3n) is 5.70. The van der Waals surface area contributed by atoms with Gasteiger partial charge in [-0.05, 0) is 31.0 Å². The Hall–Kier alpha value is -2.93. The second kappa shape index (κ2) is 9.26. The Morgan fingerprint density at radius 3 is 2.53 bits per heavy atom. The zero-order chi connectivity index (χ0) is 20.9. The van der Waals surface area contributed by atoms with Gasteiger partial charge >= 0.3 is 0 Å². The number of ether oxygens (including phenoxy) is 1. The van der Waals surface area contributed by atoms with Crippen LogP contribution in [0, 0.1) is 5.82 Å². The fourth-order valence-corrected chi connectivity index (χ4v) is 4.08. The number of likely N-dealkylation sites (tertiary alicyclic amines) is 1. The minimum absolute atomic E-state index is 0.00875. The summed E-state index contributed by atoms with van der Waals surface area (Å²) >= 11 is 0. The van der Waals surface area contributed by atoms with Gasteiger partial charge in [0.15, 0.2) is 0 Å². The summed E-state index contributed by atoms with van der Waals surface area (Å²) < 4.78 is 19.4. The molecular formula is C23H26FN3O3. The smallest absolute Gasteiger partial charge is 0.254 e. The van der Waals surface area contributed by atoms with Crippen LogP contribution in [0.2, 0.25) is 0 Å². The lowest BCUT2D eigenvalue weighted by molar-refractivity contribution is -0.123. The van der Waals surface area contributed by atoms with Crippen molar-refractivity contribution < 1.29 is 18.7 Å². The lowest BCUT2D eigenvalue weighted by Gasteiger charge is -2.33. The molecule has 4 rings (SSSR count). The Morgan fingerprint density at radius 2 is 1.73 bits per heavy atom. The number of fused-ring (bicyclic) bond motifs is 1. The van der Waals surface area contributed by atoms with Crippen molar-refractivity contribution in [3.8, 4) is 5.75 Å². The molecule has 2 aromatic carbocycles. The van der Waals surface area contributed by atoms with Gasteiger partial charge in [0.25, 0.3) is 5.91 Å². The van der Waals surface area contributed by atoms with Crippen molar-refractivity contribution in [2.45, 2.75) is 31.3 Å². The Morgan fingerprint density at radius 1 is 1.00 bits per heavy atom. The SMILES string of the molecule is O=C(CN1CCC(NC(=O)c2ccccc2F)CC1)NC1CCOc2ccccc21. The predicted octanol–water partition coefficient (Wildman–Crippen LogP) is 2.66. The highest BCUT2D eigenvalue weighted by atomic mass is 19.1. The molecule has 0 saturated carbocycles. The minimum atomic E-state index is -0.515. The number of piperidine rings is 1. The quantitative estimate of drug-likeness (QED) is 0.794. The van der Waals surface area contributed by atoms with Gasteiger partial charge in [-0.2, -0.15) is 0 Å². The lowest BCUT2D eigenvalue weighted by Crippen LogP contribution is -2.48. The fourth-order valence-electron chi connectivity index (χ4n) is 4.08. The van der Waals surface area contributed by atoms with E-state index in [2.05, 4.69) is 15.5 Å². The van der Waals surface area contributed by atoms with Gasteiger partial charge < -0.3 is 15.4 Å². The number of hydrogen-bond acceptors (Lipinski definition) is 4. The third kappa shape index (κ3) is 4.79. The molecule has 0 aliphatic carbocycles. The molecule has 2 aromatic rings. The van der Waals surface area contributed by atoms with Crippen LogP contribution < -0.4 is 15.4 Å². The van der Waals surface area contributed by atoms with Crippen molar-refractivity contribution in [3.63, 3.8) is 0 Å². The first-order valence-corrected chi connectivity index (χ1v) is 10.4. The van der Waals surface area contributed by atoms with Crippen LogP contribution >= 0.6 is 0 Å². The van der Waals surface area contributed by atoms with E-state index in [0.717, 1.165) is 30.6 Å². The molecule has 0 aromatic heterocycles. The number of carbonyl (C=O) groups is 2. The Kier molecular flexibility index (Phi) is 6.28. The van der Waals surface area contributed by atoms with E-state index in [1.165, 1.54) is 12.1 Å². The van der Waals surface area contributed by atoms with Gasteiger partial charge in [-0.25, -0.2) is 4.39 Å². The molecular weight excluding hydrogens is 385 g/mol. The summed E-state index contributed by atoms with van der Waals surface area (Å²) in [5, 5.41) is 6.03. The first kappa shape index (κ1) is 20.3. The molecule has 7 heteroatoms. The van der Waals surface area contributed by atoms with E-state index in [0.29, 0.717) is 26.2 Å². The van der Waals surface area contributed by atoms with E-state index in [4.69, 9.17) is 4.74 Å². The molecule has 1 unspecified atom stereocenters. The van der Waals surface area contributed by atoms with Crippen LogP contribution in [0.4, 0.5) is 4.39 Å². The number of rotatable bonds is 5. The summed E-state index contributed by atoms with van der Waals surface area (Å²) in [5.41, 5.74) is 1.09. The zero-order valence-corrected chi connectivity index (χ0v) is 16.8. The third-order valence-corrected chi connectivity index (χ3v) is 5.70. The highest BCUT2D eigenvalue weighted by molar-refractivity contribution is 5.94. The summed E-state index contributed by atoms with van der Waals surface area (Å²) in [5.74, 6) is -0.0766. The number of benzene rings is 2. The van der Waals surface area contributed by atoms with Crippen LogP contribution in [0.1, 0.15) is 41.2 Å². The molecule has 1 saturated heterocycles. The van der Waals surface area contributed by atoms with E-state index < -0.39 is 5.82 Å². The van der Waals surface area contributed by atoms with Crippen molar-refractivity contribution in [1.82, 2.24) is 15.5 Å². The van der Waals surface area contributed by atoms with Crippen LogP contribution in [0.25, 0.3) is 0 Å². The summed E-state index contributed by atoms with van der Waals surface area (Å²) in [7, 11) is 0. The van der Waals surface area contributed by atoms with Crippen LogP contribution in [0.15, 0.2) is 48.5 Å². The van der Waals surface area contributed by atoms with E-state index in [1.807, 2.05) is 24.3 Å². The summed E-state index contributed by atoms with van der Waals surface area (Å²) in [4.78, 5) is 26.9. The monoisotopic (exact) mass is 411 g/mol. The maximum Gasteiger partial charge on any atom is 0.254 e. The standard InChI is InChI=1S/C23H26FN3O3/c24-19-7-3-1-5-17(19)23(29)25-16-9-12-27(13-10-16)15-22(28)26-20-11-14-30-21-8-4-2-6-18(20)21/h1-8,16,20H,9-15H2,(H,25,29)(H,26,28). The number of halogens is 1. The molecule has 158 valence electrons. The molecule has 0 radical (unpaired) electrons. The molecule has 2 amide bonds. The highest BCUT2D eigenvalue weighted by Crippen LogP contribution is 2.31. The molecule has 6 nitrogen and oxygen atoms in total. The van der Waals surface area contributed by atoms with Crippen molar-refractivity contribution in [2.24, 2.45) is 0 Å². The molecule has 2 heterocycles. The number of carbonyl (C=O) groups excluding carboxylic acids is 2. The highest BCUT2D eigenvalue weighted by Gasteiger charge is 2.26. The van der Waals surface area contributed by atoms with Gasteiger partial charge in [-0.3, -0.25) is 14.5 Å². The number of nitrogens with one attached hydrogen (secondary N) is 2. The maximum atomic E-state index is 13.8. The van der Waals surface area contributed by atoms with Gasteiger partial charge in [-0.15, -0.1) is 0 Å². The summed E-state index contributed by atoms with van der Waals surface area (Å²) in [6, 6.07) is 13.7. The summed E-state index contributed by atoms with van der Waals surface area (Å²) in [6.07, 6.45) is 2.22. The Bertz CT molecular complexity index is 912. The molecule has 2 aliphatic rings. The zero-order valence-electron chi connectivity index (χ0n) is 16.8. The Balaban J connectivity index is 1.24. The van der Waals surface area contributed by atoms with E-state index >= 15 is 0 Å². The van der Waals surface area contributed by atoms with Crippen LogP contribution in [0.3, 0.4) is 0 Å². The fraction of sp³-hybridized carbons (Fsp3) is 0.391. The molecule has 1 fully saturated rings. The normalized spacial score (nSPS) is 19.4. The molecule has 30 heavy (non-hydrogen) atoms. The van der Waals surface area contributed by atoms with Gasteiger partial charge in [0.05, 0.1) is 24.8 Å². The number of hydrogen-bond donors (Lipinski definition) is 2. The number of para-hydroxylation sites is 1. The first-order chi connectivity index (χ1) is 14.6. The maximum absolute atomic E-state index is 13.8. The van der Waals surface area contributed by atoms with Gasteiger partial charge in [-0.1, -0.05) is 30.3 Å². The average molecular weight is 411 g/mol. The lowest BCUT2D eigenvalue weighted by atomic mass is 10.0. The summed E-state index contributed by atoms with van der Waals surface area (Å²) in [6.45, 7) is 2.34. The van der Waals surface area contributed by atoms with Gasteiger partial charge in [0.1, 0.15) is 11.6 Å². The van der Waals surface area contributed by atoms with Crippen LogP contribution in [0.5, 0.6) is 5.75 Å². The average Bonchev–Trinajstić information content (AvgIpc) is 2.75. The van der Waals surface area contributed by atoms with Gasteiger partial charge in [0, 0.05) is 31.1 Å². The van der Waals surface area contributed by atoms with Crippen LogP contribution in [-0.2, 0) is 4.79 Å². The van der Waals surface area contributed by atoms with E-state index in [-0.39, 0.29) is 29.5 Å². The predicted molar refractivity (Wildman–Crippen MR) is 111 cm³/mol. The first-order valence-electron chi connectivity index (χ1n) is 10.4. The molecule has 2 N–H and O–H groups in total. The number of nitrogens with zero attached hydrogens (tertiary/aromatic N) is 1. The van der Waals surface area contributed by atoms with Crippen molar-refractivity contribution in [1.29, 1.82) is 0 Å². The molecule has 0 bridgehead atoms. The van der Waals surface area contributed by atoms with Crippen molar-refractivity contribution >= 4 is 11.8 Å². The molecule has 2 aliphatic heterocycles. The largest absolute Gasteiger partial charge is 0.493 e. The molecule has 0 spiro atoms.